The molecule has 0 aliphatic carbocycles. The van der Waals surface area contributed by atoms with Gasteiger partial charge >= 0.3 is 0 Å². The average molecular weight is 311 g/mol. The Bertz CT molecular complexity index is 712. The molecule has 0 fully saturated rings. The average Bonchev–Trinajstić information content (AvgIpc) is 2.56. The van der Waals surface area contributed by atoms with E-state index in [0.717, 1.165) is 28.2 Å². The van der Waals surface area contributed by atoms with E-state index in [1.54, 1.807) is 0 Å². The van der Waals surface area contributed by atoms with Crippen LogP contribution in [0.15, 0.2) is 42.5 Å². The minimum Gasteiger partial charge on any atom is -0.486 e. The molecular formula is C19H21NO3. The van der Waals surface area contributed by atoms with Crippen molar-refractivity contribution in [3.8, 4) is 11.5 Å². The molecule has 23 heavy (non-hydrogen) atoms. The molecule has 1 atom stereocenters. The Labute approximate surface area is 136 Å². The monoisotopic (exact) mass is 311 g/mol. The summed E-state index contributed by atoms with van der Waals surface area (Å²) in [6, 6.07) is 13.7. The molecule has 4 heteroatoms. The van der Waals surface area contributed by atoms with Crippen LogP contribution >= 0.6 is 0 Å². The summed E-state index contributed by atoms with van der Waals surface area (Å²) in [5.41, 5.74) is 3.20. The van der Waals surface area contributed by atoms with Crippen LogP contribution in [-0.2, 0) is 11.2 Å². The number of benzene rings is 2. The van der Waals surface area contributed by atoms with Gasteiger partial charge in [-0.3, -0.25) is 4.79 Å². The fourth-order valence-electron chi connectivity index (χ4n) is 2.69. The maximum Gasteiger partial charge on any atom is 0.224 e. The Morgan fingerprint density at radius 1 is 1.13 bits per heavy atom. The van der Waals surface area contributed by atoms with Crippen LogP contribution in [0.4, 0.5) is 0 Å². The number of ether oxygens (including phenoxy) is 2. The highest BCUT2D eigenvalue weighted by atomic mass is 16.6. The Balaban J connectivity index is 1.65. The normalized spacial score (nSPS) is 14.2. The number of carbonyl (C=O) groups excluding carboxylic acids is 1. The minimum atomic E-state index is -0.0812. The van der Waals surface area contributed by atoms with Crippen LogP contribution in [0.2, 0.25) is 0 Å². The van der Waals surface area contributed by atoms with Crippen molar-refractivity contribution in [3.05, 3.63) is 59.2 Å². The quantitative estimate of drug-likeness (QED) is 0.943. The zero-order chi connectivity index (χ0) is 16.2. The Kier molecular flexibility index (Phi) is 4.51. The summed E-state index contributed by atoms with van der Waals surface area (Å²) in [5.74, 6) is 1.52. The molecule has 0 saturated carbocycles. The lowest BCUT2D eigenvalue weighted by Gasteiger charge is -2.21. The number of carbonyl (C=O) groups is 1. The van der Waals surface area contributed by atoms with Crippen LogP contribution in [0, 0.1) is 6.92 Å². The van der Waals surface area contributed by atoms with Gasteiger partial charge in [0.05, 0.1) is 12.5 Å². The number of rotatable bonds is 4. The maximum atomic E-state index is 12.3. The summed E-state index contributed by atoms with van der Waals surface area (Å²) in [5, 5.41) is 3.04. The van der Waals surface area contributed by atoms with Crippen LogP contribution < -0.4 is 14.8 Å². The third-order valence-electron chi connectivity index (χ3n) is 4.06. The molecule has 1 unspecified atom stereocenters. The lowest BCUT2D eigenvalue weighted by molar-refractivity contribution is -0.121. The second-order valence-corrected chi connectivity index (χ2v) is 5.80. The van der Waals surface area contributed by atoms with Crippen LogP contribution in [0.3, 0.4) is 0 Å². The largest absolute Gasteiger partial charge is 0.486 e. The van der Waals surface area contributed by atoms with Gasteiger partial charge in [-0.2, -0.15) is 0 Å². The van der Waals surface area contributed by atoms with E-state index in [9.17, 15) is 4.79 Å². The number of nitrogens with one attached hydrogen (secondary N) is 1. The van der Waals surface area contributed by atoms with Gasteiger partial charge in [-0.05, 0) is 42.7 Å². The second-order valence-electron chi connectivity index (χ2n) is 5.80. The molecule has 0 spiro atoms. The third kappa shape index (κ3) is 3.65. The Morgan fingerprint density at radius 2 is 1.87 bits per heavy atom. The summed E-state index contributed by atoms with van der Waals surface area (Å²) in [7, 11) is 0. The number of hydrogen-bond acceptors (Lipinski definition) is 3. The highest BCUT2D eigenvalue weighted by Gasteiger charge is 2.16. The molecule has 2 aromatic carbocycles. The van der Waals surface area contributed by atoms with Crippen molar-refractivity contribution in [2.45, 2.75) is 26.3 Å². The predicted molar refractivity (Wildman–Crippen MR) is 88.9 cm³/mol. The molecule has 3 rings (SSSR count). The highest BCUT2D eigenvalue weighted by Crippen LogP contribution is 2.32. The van der Waals surface area contributed by atoms with Gasteiger partial charge in [0, 0.05) is 0 Å². The molecule has 1 amide bonds. The lowest BCUT2D eigenvalue weighted by Crippen LogP contribution is -2.28. The van der Waals surface area contributed by atoms with Crippen molar-refractivity contribution in [1.82, 2.24) is 5.32 Å². The van der Waals surface area contributed by atoms with Gasteiger partial charge in [-0.1, -0.05) is 30.3 Å². The predicted octanol–water partition coefficient (Wildman–Crippen LogP) is 3.19. The van der Waals surface area contributed by atoms with Crippen LogP contribution in [0.5, 0.6) is 11.5 Å². The van der Waals surface area contributed by atoms with E-state index < -0.39 is 0 Å². The van der Waals surface area contributed by atoms with Gasteiger partial charge in [0.25, 0.3) is 0 Å². The second kappa shape index (κ2) is 6.73. The van der Waals surface area contributed by atoms with Crippen molar-refractivity contribution < 1.29 is 14.3 Å². The van der Waals surface area contributed by atoms with E-state index in [2.05, 4.69) is 5.32 Å². The molecule has 0 aromatic heterocycles. The van der Waals surface area contributed by atoms with Gasteiger partial charge in [-0.15, -0.1) is 0 Å². The number of amides is 1. The molecule has 4 nitrogen and oxygen atoms in total. The molecule has 1 heterocycles. The first-order valence-corrected chi connectivity index (χ1v) is 7.87. The van der Waals surface area contributed by atoms with E-state index in [-0.39, 0.29) is 11.9 Å². The standard InChI is InChI=1S/C19H21NO3/c1-13-5-3-4-6-15(13)12-19(21)20-14(2)16-7-8-17-18(11-16)23-10-9-22-17/h3-8,11,14H,9-10,12H2,1-2H3,(H,20,21). The molecule has 0 saturated heterocycles. The fourth-order valence-corrected chi connectivity index (χ4v) is 2.69. The zero-order valence-corrected chi connectivity index (χ0v) is 13.5. The number of hydrogen-bond donors (Lipinski definition) is 1. The smallest absolute Gasteiger partial charge is 0.224 e. The van der Waals surface area contributed by atoms with E-state index in [0.29, 0.717) is 19.6 Å². The summed E-state index contributed by atoms with van der Waals surface area (Å²) in [6.07, 6.45) is 0.390. The molecule has 1 N–H and O–H groups in total. The Hall–Kier alpha value is -2.49. The van der Waals surface area contributed by atoms with Crippen LogP contribution in [0.1, 0.15) is 29.7 Å². The highest BCUT2D eigenvalue weighted by molar-refractivity contribution is 5.79. The fraction of sp³-hybridized carbons (Fsp3) is 0.316. The van der Waals surface area contributed by atoms with Gasteiger partial charge in [-0.25, -0.2) is 0 Å². The summed E-state index contributed by atoms with van der Waals surface area (Å²) in [6.45, 7) is 5.13. The van der Waals surface area contributed by atoms with E-state index >= 15 is 0 Å². The number of fused-ring (bicyclic) bond motifs is 1. The van der Waals surface area contributed by atoms with Crippen molar-refractivity contribution in [2.75, 3.05) is 13.2 Å². The van der Waals surface area contributed by atoms with Gasteiger partial charge in [0.15, 0.2) is 11.5 Å². The minimum absolute atomic E-state index is 0.0155. The van der Waals surface area contributed by atoms with Crippen molar-refractivity contribution in [2.24, 2.45) is 0 Å². The van der Waals surface area contributed by atoms with Crippen molar-refractivity contribution in [1.29, 1.82) is 0 Å². The van der Waals surface area contributed by atoms with Crippen molar-refractivity contribution in [3.63, 3.8) is 0 Å². The van der Waals surface area contributed by atoms with Gasteiger partial charge in [0.1, 0.15) is 13.2 Å². The van der Waals surface area contributed by atoms with E-state index in [1.165, 1.54) is 0 Å². The summed E-state index contributed by atoms with van der Waals surface area (Å²) in [4.78, 5) is 12.3. The molecule has 2 aromatic rings. The Morgan fingerprint density at radius 3 is 2.65 bits per heavy atom. The lowest BCUT2D eigenvalue weighted by atomic mass is 10.0. The van der Waals surface area contributed by atoms with Crippen molar-refractivity contribution >= 4 is 5.91 Å². The first-order valence-electron chi connectivity index (χ1n) is 7.87. The van der Waals surface area contributed by atoms with E-state index in [1.807, 2.05) is 56.3 Å². The molecule has 1 aliphatic rings. The van der Waals surface area contributed by atoms with Gasteiger partial charge in [0.2, 0.25) is 5.91 Å². The number of aryl methyl sites for hydroxylation is 1. The molecular weight excluding hydrogens is 290 g/mol. The third-order valence-corrected chi connectivity index (χ3v) is 4.06. The maximum absolute atomic E-state index is 12.3. The van der Waals surface area contributed by atoms with E-state index in [4.69, 9.17) is 9.47 Å². The summed E-state index contributed by atoms with van der Waals surface area (Å²) >= 11 is 0. The summed E-state index contributed by atoms with van der Waals surface area (Å²) < 4.78 is 11.1. The zero-order valence-electron chi connectivity index (χ0n) is 13.5. The SMILES string of the molecule is Cc1ccccc1CC(=O)NC(C)c1ccc2c(c1)OCCO2. The first kappa shape index (κ1) is 15.4. The first-order chi connectivity index (χ1) is 11.1. The topological polar surface area (TPSA) is 47.6 Å². The van der Waals surface area contributed by atoms with Crippen LogP contribution in [0.25, 0.3) is 0 Å². The van der Waals surface area contributed by atoms with Gasteiger partial charge < -0.3 is 14.8 Å². The molecule has 1 aliphatic heterocycles. The molecule has 0 radical (unpaired) electrons. The molecule has 120 valence electrons. The molecule has 0 bridgehead atoms. The van der Waals surface area contributed by atoms with Crippen LogP contribution in [-0.4, -0.2) is 19.1 Å².